The molecule has 0 aliphatic heterocycles. The fraction of sp³-hybridized carbons (Fsp3) is 0.312. The molecular weight excluding hydrogens is 250 g/mol. The van der Waals surface area contributed by atoms with Crippen molar-refractivity contribution in [3.8, 4) is 29.4 Å². The zero-order chi connectivity index (χ0) is 14.5. The molecule has 4 nitrogen and oxygen atoms in total. The first-order valence-corrected chi connectivity index (χ1v) is 6.64. The fourth-order valence-electron chi connectivity index (χ4n) is 2.23. The average Bonchev–Trinajstić information content (AvgIpc) is 2.77. The second-order valence-corrected chi connectivity index (χ2v) is 4.50. The molecule has 2 N–H and O–H groups in total. The van der Waals surface area contributed by atoms with Gasteiger partial charge in [-0.1, -0.05) is 25.0 Å². The molecule has 104 valence electrons. The third-order valence-electron chi connectivity index (χ3n) is 3.17. The molecule has 4 heteroatoms. The molecule has 2 aromatic rings. The highest BCUT2D eigenvalue weighted by molar-refractivity contribution is 5.76. The molecule has 0 atom stereocenters. The number of benzene rings is 1. The molecule has 1 aromatic heterocycles. The van der Waals surface area contributed by atoms with E-state index in [1.807, 2.05) is 28.8 Å². The summed E-state index contributed by atoms with van der Waals surface area (Å²) >= 11 is 0. The number of methoxy groups -OCH3 is 1. The van der Waals surface area contributed by atoms with E-state index >= 15 is 0 Å². The number of nitrogens with zero attached hydrogens (tertiary/aromatic N) is 2. The van der Waals surface area contributed by atoms with Gasteiger partial charge in [-0.3, -0.25) is 0 Å². The summed E-state index contributed by atoms with van der Waals surface area (Å²) in [6, 6.07) is 7.71. The van der Waals surface area contributed by atoms with Crippen LogP contribution >= 0.6 is 0 Å². The topological polar surface area (TPSA) is 53.1 Å². The van der Waals surface area contributed by atoms with E-state index in [-0.39, 0.29) is 0 Å². The number of aryl methyl sites for hydroxylation is 1. The van der Waals surface area contributed by atoms with Gasteiger partial charge in [-0.15, -0.1) is 6.42 Å². The normalized spacial score (nSPS) is 10.2. The van der Waals surface area contributed by atoms with Gasteiger partial charge < -0.3 is 15.0 Å². The number of terminal acetylenes is 1. The van der Waals surface area contributed by atoms with Gasteiger partial charge in [0.1, 0.15) is 23.1 Å². The van der Waals surface area contributed by atoms with Gasteiger partial charge in [0, 0.05) is 12.0 Å². The number of hydrogen-bond donors (Lipinski definition) is 1. The Labute approximate surface area is 119 Å². The summed E-state index contributed by atoms with van der Waals surface area (Å²) in [4.78, 5) is 4.66. The van der Waals surface area contributed by atoms with Gasteiger partial charge in [-0.2, -0.15) is 0 Å². The predicted molar refractivity (Wildman–Crippen MR) is 81.5 cm³/mol. The Bertz CT molecular complexity index is 638. The first-order valence-electron chi connectivity index (χ1n) is 6.64. The number of para-hydroxylation sites is 1. The average molecular weight is 269 g/mol. The first kappa shape index (κ1) is 14.0. The van der Waals surface area contributed by atoms with Crippen LogP contribution in [-0.4, -0.2) is 16.7 Å². The van der Waals surface area contributed by atoms with Gasteiger partial charge in [0.2, 0.25) is 0 Å². The summed E-state index contributed by atoms with van der Waals surface area (Å²) in [6.45, 7) is 2.54. The van der Waals surface area contributed by atoms with Crippen molar-refractivity contribution in [1.82, 2.24) is 9.55 Å². The molecule has 0 amide bonds. The number of hydrogen-bond acceptors (Lipinski definition) is 3. The van der Waals surface area contributed by atoms with Crippen LogP contribution in [0.5, 0.6) is 5.75 Å². The van der Waals surface area contributed by atoms with Crippen molar-refractivity contribution in [1.29, 1.82) is 0 Å². The lowest BCUT2D eigenvalue weighted by molar-refractivity contribution is 0.416. The highest BCUT2D eigenvalue weighted by atomic mass is 16.5. The minimum atomic E-state index is 0.434. The monoisotopic (exact) mass is 269 g/mol. The lowest BCUT2D eigenvalue weighted by Gasteiger charge is -2.07. The maximum atomic E-state index is 6.23. The Balaban J connectivity index is 2.57. The Morgan fingerprint density at radius 2 is 2.15 bits per heavy atom. The number of rotatable bonds is 5. The van der Waals surface area contributed by atoms with Crippen LogP contribution in [0.1, 0.15) is 19.2 Å². The summed E-state index contributed by atoms with van der Waals surface area (Å²) in [5.41, 5.74) is 7.85. The van der Waals surface area contributed by atoms with Crippen molar-refractivity contribution in [2.24, 2.45) is 0 Å². The van der Waals surface area contributed by atoms with Crippen molar-refractivity contribution in [2.75, 3.05) is 12.8 Å². The zero-order valence-corrected chi connectivity index (χ0v) is 11.9. The number of ether oxygens (including phenoxy) is 1. The lowest BCUT2D eigenvalue weighted by Crippen LogP contribution is -2.06. The van der Waals surface area contributed by atoms with E-state index in [2.05, 4.69) is 17.8 Å². The smallest absolute Gasteiger partial charge is 0.132 e. The van der Waals surface area contributed by atoms with Crippen molar-refractivity contribution in [2.45, 2.75) is 26.3 Å². The van der Waals surface area contributed by atoms with Crippen LogP contribution in [0.15, 0.2) is 24.3 Å². The van der Waals surface area contributed by atoms with Crippen LogP contribution in [0.2, 0.25) is 0 Å². The van der Waals surface area contributed by atoms with Gasteiger partial charge in [-0.25, -0.2) is 4.98 Å². The highest BCUT2D eigenvalue weighted by Crippen LogP contribution is 2.33. The quantitative estimate of drug-likeness (QED) is 0.849. The van der Waals surface area contributed by atoms with Gasteiger partial charge in [-0.05, 0) is 18.6 Å². The van der Waals surface area contributed by atoms with Crippen molar-refractivity contribution in [3.05, 3.63) is 30.1 Å². The summed E-state index contributed by atoms with van der Waals surface area (Å²) in [5.74, 6) is 4.90. The van der Waals surface area contributed by atoms with E-state index in [0.29, 0.717) is 12.4 Å². The molecule has 0 aliphatic rings. The van der Waals surface area contributed by atoms with E-state index in [1.54, 1.807) is 7.11 Å². The van der Waals surface area contributed by atoms with Crippen LogP contribution < -0.4 is 10.5 Å². The Morgan fingerprint density at radius 3 is 2.80 bits per heavy atom. The molecular formula is C16H19N3O. The molecule has 0 unspecified atom stereocenters. The Kier molecular flexibility index (Phi) is 4.31. The van der Waals surface area contributed by atoms with Gasteiger partial charge in [0.05, 0.1) is 13.7 Å². The van der Waals surface area contributed by atoms with E-state index < -0.39 is 0 Å². The standard InChI is InChI=1S/C16H19N3O/c1-4-8-14-18-15(16(17)19(14)11-5-2)12-9-6-7-10-13(12)20-3/h2,6-7,9-10H,4,8,11,17H2,1,3H3. The van der Waals surface area contributed by atoms with Gasteiger partial charge in [0.15, 0.2) is 0 Å². The second-order valence-electron chi connectivity index (χ2n) is 4.50. The minimum absolute atomic E-state index is 0.434. The fourth-order valence-corrected chi connectivity index (χ4v) is 2.23. The summed E-state index contributed by atoms with van der Waals surface area (Å²) in [6.07, 6.45) is 7.26. The number of nitrogens with two attached hydrogens (primary N) is 1. The van der Waals surface area contributed by atoms with E-state index in [9.17, 15) is 0 Å². The molecule has 0 fully saturated rings. The van der Waals surface area contributed by atoms with E-state index in [1.165, 1.54) is 0 Å². The Morgan fingerprint density at radius 1 is 1.40 bits per heavy atom. The van der Waals surface area contributed by atoms with Crippen LogP contribution in [0.25, 0.3) is 11.3 Å². The molecule has 2 rings (SSSR count). The van der Waals surface area contributed by atoms with Crippen molar-refractivity contribution < 1.29 is 4.74 Å². The Hall–Kier alpha value is -2.41. The van der Waals surface area contributed by atoms with Crippen molar-refractivity contribution in [3.63, 3.8) is 0 Å². The van der Waals surface area contributed by atoms with Crippen LogP contribution in [0.4, 0.5) is 5.82 Å². The molecule has 1 aromatic carbocycles. The number of imidazole rings is 1. The molecule has 1 heterocycles. The number of aromatic nitrogens is 2. The molecule has 20 heavy (non-hydrogen) atoms. The number of nitrogen functional groups attached to an aromatic ring is 1. The van der Waals surface area contributed by atoms with Gasteiger partial charge in [0.25, 0.3) is 0 Å². The van der Waals surface area contributed by atoms with Crippen LogP contribution in [0.3, 0.4) is 0 Å². The lowest BCUT2D eigenvalue weighted by atomic mass is 10.1. The zero-order valence-electron chi connectivity index (χ0n) is 11.9. The molecule has 0 saturated carbocycles. The largest absolute Gasteiger partial charge is 0.496 e. The summed E-state index contributed by atoms with van der Waals surface area (Å²) in [5, 5.41) is 0. The molecule has 0 saturated heterocycles. The van der Waals surface area contributed by atoms with Gasteiger partial charge >= 0.3 is 0 Å². The maximum absolute atomic E-state index is 6.23. The maximum Gasteiger partial charge on any atom is 0.132 e. The molecule has 0 aliphatic carbocycles. The SMILES string of the molecule is C#CCn1c(CCC)nc(-c2ccccc2OC)c1N. The summed E-state index contributed by atoms with van der Waals surface area (Å²) < 4.78 is 7.27. The number of anilines is 1. The van der Waals surface area contributed by atoms with E-state index in [0.717, 1.165) is 35.7 Å². The minimum Gasteiger partial charge on any atom is -0.496 e. The summed E-state index contributed by atoms with van der Waals surface area (Å²) in [7, 11) is 1.64. The van der Waals surface area contributed by atoms with Crippen molar-refractivity contribution >= 4 is 5.82 Å². The second kappa shape index (κ2) is 6.16. The third-order valence-corrected chi connectivity index (χ3v) is 3.17. The molecule has 0 bridgehead atoms. The predicted octanol–water partition coefficient (Wildman–Crippen LogP) is 2.73. The third kappa shape index (κ3) is 2.48. The molecule has 0 spiro atoms. The van der Waals surface area contributed by atoms with Crippen LogP contribution in [0, 0.1) is 12.3 Å². The van der Waals surface area contributed by atoms with E-state index in [4.69, 9.17) is 16.9 Å². The highest BCUT2D eigenvalue weighted by Gasteiger charge is 2.17. The van der Waals surface area contributed by atoms with Crippen LogP contribution in [-0.2, 0) is 13.0 Å². The molecule has 0 radical (unpaired) electrons. The first-order chi connectivity index (χ1) is 9.72.